The number of carbonyl (C=O) groups excluding carboxylic acids is 2. The number of carbonyl (C=O) groups is 2. The van der Waals surface area contributed by atoms with Gasteiger partial charge in [0, 0.05) is 13.0 Å². The SMILES string of the molecule is COc1cc(C(=O)OCCCN(C)C)cc(OC)c1OC(=O)CC(C)C. The maximum atomic E-state index is 12.2. The van der Waals surface area contributed by atoms with E-state index in [1.165, 1.54) is 26.4 Å². The Hall–Kier alpha value is -2.28. The van der Waals surface area contributed by atoms with E-state index in [9.17, 15) is 9.59 Å². The molecule has 26 heavy (non-hydrogen) atoms. The summed E-state index contributed by atoms with van der Waals surface area (Å²) in [6.45, 7) is 4.98. The van der Waals surface area contributed by atoms with Crippen LogP contribution in [0.3, 0.4) is 0 Å². The summed E-state index contributed by atoms with van der Waals surface area (Å²) in [5, 5.41) is 0. The Bertz CT molecular complexity index is 587. The number of benzene rings is 1. The second-order valence-electron chi connectivity index (χ2n) is 6.57. The second-order valence-corrected chi connectivity index (χ2v) is 6.57. The molecule has 0 saturated heterocycles. The summed E-state index contributed by atoms with van der Waals surface area (Å²) >= 11 is 0. The quantitative estimate of drug-likeness (QED) is 0.358. The summed E-state index contributed by atoms with van der Waals surface area (Å²) in [5.41, 5.74) is 0.271. The fourth-order valence-electron chi connectivity index (χ4n) is 2.22. The molecule has 0 aliphatic rings. The number of ether oxygens (including phenoxy) is 4. The highest BCUT2D eigenvalue weighted by Crippen LogP contribution is 2.39. The second kappa shape index (κ2) is 10.7. The molecular weight excluding hydrogens is 338 g/mol. The zero-order valence-electron chi connectivity index (χ0n) is 16.5. The van der Waals surface area contributed by atoms with E-state index in [1.807, 2.05) is 32.8 Å². The molecule has 0 aromatic heterocycles. The molecular formula is C19H29NO6. The van der Waals surface area contributed by atoms with Crippen molar-refractivity contribution in [2.24, 2.45) is 5.92 Å². The standard InChI is InChI=1S/C19H29NO6/c1-13(2)10-17(21)26-18-15(23-5)11-14(12-16(18)24-6)19(22)25-9-7-8-20(3)4/h11-13H,7-10H2,1-6H3. The minimum atomic E-state index is -0.486. The van der Waals surface area contributed by atoms with Crippen LogP contribution in [0.25, 0.3) is 0 Å². The number of esters is 2. The van der Waals surface area contributed by atoms with Crippen molar-refractivity contribution >= 4 is 11.9 Å². The Morgan fingerprint density at radius 3 is 2.12 bits per heavy atom. The maximum Gasteiger partial charge on any atom is 0.338 e. The fraction of sp³-hybridized carbons (Fsp3) is 0.579. The lowest BCUT2D eigenvalue weighted by Gasteiger charge is -2.15. The topological polar surface area (TPSA) is 74.3 Å². The zero-order chi connectivity index (χ0) is 19.7. The lowest BCUT2D eigenvalue weighted by Crippen LogP contribution is -2.16. The first-order chi connectivity index (χ1) is 12.3. The lowest BCUT2D eigenvalue weighted by atomic mass is 10.1. The van der Waals surface area contributed by atoms with E-state index < -0.39 is 11.9 Å². The van der Waals surface area contributed by atoms with Crippen LogP contribution in [0.15, 0.2) is 12.1 Å². The van der Waals surface area contributed by atoms with E-state index >= 15 is 0 Å². The van der Waals surface area contributed by atoms with Crippen molar-refractivity contribution < 1.29 is 28.5 Å². The first-order valence-electron chi connectivity index (χ1n) is 8.57. The van der Waals surface area contributed by atoms with Gasteiger partial charge in [-0.15, -0.1) is 0 Å². The molecule has 0 N–H and O–H groups in total. The van der Waals surface area contributed by atoms with Crippen molar-refractivity contribution in [3.63, 3.8) is 0 Å². The van der Waals surface area contributed by atoms with Gasteiger partial charge in [0.05, 0.1) is 26.4 Å². The number of hydrogen-bond donors (Lipinski definition) is 0. The summed E-state index contributed by atoms with van der Waals surface area (Å²) in [5.74, 6) is -0.0832. The Labute approximate surface area is 155 Å². The molecule has 0 fully saturated rings. The number of nitrogens with zero attached hydrogens (tertiary/aromatic N) is 1. The van der Waals surface area contributed by atoms with Crippen molar-refractivity contribution in [2.45, 2.75) is 26.7 Å². The molecule has 1 aromatic carbocycles. The lowest BCUT2D eigenvalue weighted by molar-refractivity contribution is -0.135. The largest absolute Gasteiger partial charge is 0.493 e. The van der Waals surface area contributed by atoms with Gasteiger partial charge in [-0.05, 0) is 38.6 Å². The van der Waals surface area contributed by atoms with Crippen LogP contribution >= 0.6 is 0 Å². The molecule has 0 bridgehead atoms. The molecule has 0 aliphatic carbocycles. The Morgan fingerprint density at radius 2 is 1.65 bits per heavy atom. The Morgan fingerprint density at radius 1 is 1.08 bits per heavy atom. The number of rotatable bonds is 10. The van der Waals surface area contributed by atoms with Gasteiger partial charge in [-0.3, -0.25) is 4.79 Å². The highest BCUT2D eigenvalue weighted by Gasteiger charge is 2.21. The van der Waals surface area contributed by atoms with Crippen molar-refractivity contribution in [3.8, 4) is 17.2 Å². The van der Waals surface area contributed by atoms with Crippen LogP contribution in [0.2, 0.25) is 0 Å². The van der Waals surface area contributed by atoms with E-state index in [1.54, 1.807) is 0 Å². The van der Waals surface area contributed by atoms with Crippen LogP contribution in [-0.4, -0.2) is 58.3 Å². The predicted octanol–water partition coefficient (Wildman–Crippen LogP) is 2.76. The molecule has 0 radical (unpaired) electrons. The summed E-state index contributed by atoms with van der Waals surface area (Å²) in [4.78, 5) is 26.2. The van der Waals surface area contributed by atoms with Gasteiger partial charge < -0.3 is 23.8 Å². The summed E-state index contributed by atoms with van der Waals surface area (Å²) in [6, 6.07) is 2.96. The molecule has 1 aromatic rings. The van der Waals surface area contributed by atoms with E-state index in [0.717, 1.165) is 13.0 Å². The van der Waals surface area contributed by atoms with Crippen LogP contribution in [0.1, 0.15) is 37.0 Å². The van der Waals surface area contributed by atoms with Crippen LogP contribution in [0, 0.1) is 5.92 Å². The first-order valence-corrected chi connectivity index (χ1v) is 8.57. The molecule has 146 valence electrons. The third-order valence-corrected chi connectivity index (χ3v) is 3.47. The normalized spacial score (nSPS) is 10.8. The summed E-state index contributed by atoms with van der Waals surface area (Å²) in [7, 11) is 6.77. The van der Waals surface area contributed by atoms with E-state index in [0.29, 0.717) is 6.61 Å². The van der Waals surface area contributed by atoms with Gasteiger partial charge in [0.25, 0.3) is 0 Å². The highest BCUT2D eigenvalue weighted by atomic mass is 16.6. The van der Waals surface area contributed by atoms with Crippen LogP contribution in [-0.2, 0) is 9.53 Å². The van der Waals surface area contributed by atoms with Crippen LogP contribution in [0.4, 0.5) is 0 Å². The van der Waals surface area contributed by atoms with Gasteiger partial charge in [0.1, 0.15) is 0 Å². The van der Waals surface area contributed by atoms with Crippen LogP contribution < -0.4 is 14.2 Å². The van der Waals surface area contributed by atoms with E-state index in [4.69, 9.17) is 18.9 Å². The predicted molar refractivity (Wildman–Crippen MR) is 98.1 cm³/mol. The first kappa shape index (κ1) is 21.8. The highest BCUT2D eigenvalue weighted by molar-refractivity contribution is 5.91. The van der Waals surface area contributed by atoms with Gasteiger partial charge in [-0.25, -0.2) is 4.79 Å². The third-order valence-electron chi connectivity index (χ3n) is 3.47. The monoisotopic (exact) mass is 367 g/mol. The van der Waals surface area contributed by atoms with Crippen LogP contribution in [0.5, 0.6) is 17.2 Å². The molecule has 7 nitrogen and oxygen atoms in total. The smallest absolute Gasteiger partial charge is 0.338 e. The maximum absolute atomic E-state index is 12.2. The van der Waals surface area contributed by atoms with Crippen molar-refractivity contribution in [2.75, 3.05) is 41.5 Å². The number of methoxy groups -OCH3 is 2. The third kappa shape index (κ3) is 6.92. The summed E-state index contributed by atoms with van der Waals surface area (Å²) < 4.78 is 21.2. The van der Waals surface area contributed by atoms with E-state index in [-0.39, 0.29) is 35.2 Å². The molecule has 0 saturated carbocycles. The molecule has 0 aliphatic heterocycles. The minimum Gasteiger partial charge on any atom is -0.493 e. The molecule has 0 amide bonds. The summed E-state index contributed by atoms with van der Waals surface area (Å²) in [6.07, 6.45) is 1.000. The fourth-order valence-corrected chi connectivity index (χ4v) is 2.22. The zero-order valence-corrected chi connectivity index (χ0v) is 16.5. The van der Waals surface area contributed by atoms with Crippen molar-refractivity contribution in [1.29, 1.82) is 0 Å². The molecule has 0 atom stereocenters. The van der Waals surface area contributed by atoms with Gasteiger partial charge in [-0.1, -0.05) is 13.8 Å². The molecule has 0 spiro atoms. The Balaban J connectivity index is 2.93. The molecule has 0 unspecified atom stereocenters. The van der Waals surface area contributed by atoms with E-state index in [2.05, 4.69) is 0 Å². The molecule has 1 rings (SSSR count). The van der Waals surface area contributed by atoms with Crippen molar-refractivity contribution in [3.05, 3.63) is 17.7 Å². The Kier molecular flexibility index (Phi) is 8.92. The average molecular weight is 367 g/mol. The van der Waals surface area contributed by atoms with Gasteiger partial charge in [0.15, 0.2) is 11.5 Å². The molecule has 0 heterocycles. The van der Waals surface area contributed by atoms with Gasteiger partial charge in [-0.2, -0.15) is 0 Å². The minimum absolute atomic E-state index is 0.157. The number of hydrogen-bond acceptors (Lipinski definition) is 7. The average Bonchev–Trinajstić information content (AvgIpc) is 2.57. The van der Waals surface area contributed by atoms with Gasteiger partial charge in [0.2, 0.25) is 5.75 Å². The van der Waals surface area contributed by atoms with Gasteiger partial charge >= 0.3 is 11.9 Å². The van der Waals surface area contributed by atoms with Crippen molar-refractivity contribution in [1.82, 2.24) is 4.90 Å². The molecule has 7 heteroatoms.